The van der Waals surface area contributed by atoms with Crippen LogP contribution in [0.5, 0.6) is 0 Å². The number of halogens is 3. The van der Waals surface area contributed by atoms with Crippen molar-refractivity contribution in [2.45, 2.75) is 33.4 Å². The van der Waals surface area contributed by atoms with Crippen LogP contribution in [-0.2, 0) is 16.2 Å². The molecule has 138 valence electrons. The molecule has 0 bridgehead atoms. The molecule has 1 aromatic rings. The van der Waals surface area contributed by atoms with Gasteiger partial charge in [-0.25, -0.2) is 12.7 Å². The van der Waals surface area contributed by atoms with Crippen molar-refractivity contribution in [2.24, 2.45) is 5.41 Å². The summed E-state index contributed by atoms with van der Waals surface area (Å²) in [4.78, 5) is 1.67. The molecule has 0 N–H and O–H groups in total. The molecule has 1 aromatic heterocycles. The van der Waals surface area contributed by atoms with Crippen molar-refractivity contribution in [1.29, 1.82) is 0 Å². The molecule has 0 aromatic carbocycles. The Morgan fingerprint density at radius 1 is 1.08 bits per heavy atom. The average molecular weight is 386 g/mol. The molecule has 24 heavy (non-hydrogen) atoms. The normalized spacial score (nSPS) is 18.7. The molecule has 1 fully saturated rings. The standard InChI is InChI=1S/C13H21F3N4O2S2/c1-12(2,3)9-24(21,22)20-6-4-5-19(7-8-20)11-18-17-10(23-11)13(14,15)16/h4-9H2,1-3H3. The maximum Gasteiger partial charge on any atom is 0.445 e. The van der Waals surface area contributed by atoms with E-state index >= 15 is 0 Å². The van der Waals surface area contributed by atoms with Crippen LogP contribution in [0.1, 0.15) is 32.2 Å². The number of rotatable bonds is 3. The lowest BCUT2D eigenvalue weighted by atomic mass is 10.0. The van der Waals surface area contributed by atoms with Crippen molar-refractivity contribution in [3.8, 4) is 0 Å². The van der Waals surface area contributed by atoms with Gasteiger partial charge in [-0.1, -0.05) is 32.1 Å². The quantitative estimate of drug-likeness (QED) is 0.798. The molecule has 0 saturated carbocycles. The van der Waals surface area contributed by atoms with Crippen LogP contribution in [0.2, 0.25) is 0 Å². The first-order valence-corrected chi connectivity index (χ1v) is 9.94. The van der Waals surface area contributed by atoms with E-state index in [2.05, 4.69) is 10.2 Å². The van der Waals surface area contributed by atoms with Gasteiger partial charge in [-0.05, 0) is 11.8 Å². The SMILES string of the molecule is CC(C)(C)CS(=O)(=O)N1CCCN(c2nnc(C(F)(F)F)s2)CC1. The van der Waals surface area contributed by atoms with Gasteiger partial charge in [-0.15, -0.1) is 10.2 Å². The third kappa shape index (κ3) is 5.03. The number of hydrogen-bond donors (Lipinski definition) is 0. The second-order valence-corrected chi connectivity index (χ2v) is 9.87. The van der Waals surface area contributed by atoms with Gasteiger partial charge in [0.25, 0.3) is 0 Å². The Bertz CT molecular complexity index is 667. The van der Waals surface area contributed by atoms with Crippen LogP contribution in [-0.4, -0.2) is 54.9 Å². The maximum absolute atomic E-state index is 12.6. The first-order valence-electron chi connectivity index (χ1n) is 7.52. The van der Waals surface area contributed by atoms with E-state index in [1.165, 1.54) is 4.31 Å². The predicted molar refractivity (Wildman–Crippen MR) is 86.6 cm³/mol. The summed E-state index contributed by atoms with van der Waals surface area (Å²) in [5, 5.41) is 5.97. The highest BCUT2D eigenvalue weighted by Gasteiger charge is 2.37. The van der Waals surface area contributed by atoms with Gasteiger partial charge in [0.1, 0.15) is 0 Å². The van der Waals surface area contributed by atoms with E-state index in [0.29, 0.717) is 37.4 Å². The smallest absolute Gasteiger partial charge is 0.345 e. The summed E-state index contributed by atoms with van der Waals surface area (Å²) in [5.41, 5.74) is -0.355. The van der Waals surface area contributed by atoms with Crippen molar-refractivity contribution in [3.63, 3.8) is 0 Å². The molecule has 1 aliphatic rings. The highest BCUT2D eigenvalue weighted by Crippen LogP contribution is 2.34. The van der Waals surface area contributed by atoms with Gasteiger partial charge in [-0.3, -0.25) is 0 Å². The highest BCUT2D eigenvalue weighted by molar-refractivity contribution is 7.89. The topological polar surface area (TPSA) is 66.4 Å². The van der Waals surface area contributed by atoms with E-state index in [1.807, 2.05) is 20.8 Å². The Hall–Kier alpha value is -0.940. The molecule has 6 nitrogen and oxygen atoms in total. The van der Waals surface area contributed by atoms with Crippen LogP contribution < -0.4 is 4.90 Å². The Labute approximate surface area is 143 Å². The fourth-order valence-corrected chi connectivity index (χ4v) is 5.27. The summed E-state index contributed by atoms with van der Waals surface area (Å²) < 4.78 is 64.2. The third-order valence-electron chi connectivity index (χ3n) is 3.39. The van der Waals surface area contributed by atoms with Crippen molar-refractivity contribution in [1.82, 2.24) is 14.5 Å². The van der Waals surface area contributed by atoms with Crippen LogP contribution in [0.25, 0.3) is 0 Å². The van der Waals surface area contributed by atoms with Crippen LogP contribution >= 0.6 is 11.3 Å². The molecule has 1 aliphatic heterocycles. The molecule has 0 radical (unpaired) electrons. The molecule has 11 heteroatoms. The lowest BCUT2D eigenvalue weighted by Gasteiger charge is -2.25. The van der Waals surface area contributed by atoms with Gasteiger partial charge in [0.05, 0.1) is 5.75 Å². The van der Waals surface area contributed by atoms with E-state index in [4.69, 9.17) is 0 Å². The number of alkyl halides is 3. The van der Waals surface area contributed by atoms with Gasteiger partial charge in [0, 0.05) is 26.2 Å². The Morgan fingerprint density at radius 2 is 1.75 bits per heavy atom. The second-order valence-electron chi connectivity index (χ2n) is 6.94. The highest BCUT2D eigenvalue weighted by atomic mass is 32.2. The van der Waals surface area contributed by atoms with Crippen molar-refractivity contribution in [2.75, 3.05) is 36.8 Å². The lowest BCUT2D eigenvalue weighted by molar-refractivity contribution is -0.138. The fourth-order valence-electron chi connectivity index (χ4n) is 2.46. The zero-order valence-corrected chi connectivity index (χ0v) is 15.4. The third-order valence-corrected chi connectivity index (χ3v) is 6.80. The second kappa shape index (κ2) is 6.75. The number of nitrogens with zero attached hydrogens (tertiary/aromatic N) is 4. The van der Waals surface area contributed by atoms with E-state index < -0.39 is 21.2 Å². The zero-order valence-electron chi connectivity index (χ0n) is 13.8. The number of sulfonamides is 1. The molecule has 0 spiro atoms. The Balaban J connectivity index is 2.06. The number of aromatic nitrogens is 2. The molecule has 0 amide bonds. The van der Waals surface area contributed by atoms with E-state index in [0.717, 1.165) is 0 Å². The fraction of sp³-hybridized carbons (Fsp3) is 0.846. The first kappa shape index (κ1) is 19.4. The molecule has 0 atom stereocenters. The largest absolute Gasteiger partial charge is 0.445 e. The van der Waals surface area contributed by atoms with Crippen LogP contribution in [0.15, 0.2) is 0 Å². The van der Waals surface area contributed by atoms with Gasteiger partial charge >= 0.3 is 6.18 Å². The molecule has 0 unspecified atom stereocenters. The van der Waals surface area contributed by atoms with Crippen molar-refractivity contribution < 1.29 is 21.6 Å². The maximum atomic E-state index is 12.6. The average Bonchev–Trinajstić information content (AvgIpc) is 2.74. The Morgan fingerprint density at radius 3 is 2.29 bits per heavy atom. The van der Waals surface area contributed by atoms with Crippen molar-refractivity contribution in [3.05, 3.63) is 5.01 Å². The lowest BCUT2D eigenvalue weighted by Crippen LogP contribution is -2.39. The molecule has 0 aliphatic carbocycles. The molecule has 2 rings (SSSR count). The number of hydrogen-bond acceptors (Lipinski definition) is 6. The van der Waals surface area contributed by atoms with E-state index in [-0.39, 0.29) is 22.8 Å². The van der Waals surface area contributed by atoms with E-state index in [1.54, 1.807) is 4.90 Å². The minimum atomic E-state index is -4.51. The predicted octanol–water partition coefficient (Wildman–Crippen LogP) is 2.44. The number of anilines is 1. The summed E-state index contributed by atoms with van der Waals surface area (Å²) in [6, 6.07) is 0. The minimum absolute atomic E-state index is 0.0387. The minimum Gasteiger partial charge on any atom is -0.345 e. The molecule has 1 saturated heterocycles. The van der Waals surface area contributed by atoms with Gasteiger partial charge in [0.15, 0.2) is 0 Å². The van der Waals surface area contributed by atoms with E-state index in [9.17, 15) is 21.6 Å². The van der Waals surface area contributed by atoms with Crippen LogP contribution in [0.4, 0.5) is 18.3 Å². The summed E-state index contributed by atoms with van der Waals surface area (Å²) in [6.45, 7) is 6.92. The summed E-state index contributed by atoms with van der Waals surface area (Å²) in [5.74, 6) is 0.0387. The Kier molecular flexibility index (Phi) is 5.46. The van der Waals surface area contributed by atoms with Gasteiger partial charge in [-0.2, -0.15) is 13.2 Å². The monoisotopic (exact) mass is 386 g/mol. The van der Waals surface area contributed by atoms with Crippen LogP contribution in [0, 0.1) is 5.41 Å². The first-order chi connectivity index (χ1) is 10.9. The molecule has 2 heterocycles. The van der Waals surface area contributed by atoms with Crippen molar-refractivity contribution >= 4 is 26.5 Å². The van der Waals surface area contributed by atoms with Gasteiger partial charge < -0.3 is 4.90 Å². The summed E-state index contributed by atoms with van der Waals surface area (Å²) in [6.07, 6.45) is -3.98. The molecular weight excluding hydrogens is 365 g/mol. The zero-order chi connectivity index (χ0) is 18.2. The summed E-state index contributed by atoms with van der Waals surface area (Å²) >= 11 is 0.485. The van der Waals surface area contributed by atoms with Gasteiger partial charge in [0.2, 0.25) is 20.2 Å². The van der Waals surface area contributed by atoms with Crippen LogP contribution in [0.3, 0.4) is 0 Å². The molecular formula is C13H21F3N4O2S2. The summed E-state index contributed by atoms with van der Waals surface area (Å²) in [7, 11) is -3.39.